The van der Waals surface area contributed by atoms with Crippen LogP contribution < -0.4 is 0 Å². The second-order valence-electron chi connectivity index (χ2n) is 1.75. The minimum Gasteiger partial charge on any atom is -0.392 e. The molecule has 0 bridgehead atoms. The number of aliphatic hydroxyl groups is 1. The van der Waals surface area contributed by atoms with E-state index in [1.807, 2.05) is 0 Å². The van der Waals surface area contributed by atoms with Gasteiger partial charge in [-0.05, 0) is 6.07 Å². The second-order valence-corrected chi connectivity index (χ2v) is 1.75. The molecule has 1 aromatic carbocycles. The van der Waals surface area contributed by atoms with E-state index < -0.39 is 0 Å². The Morgan fingerprint density at radius 1 is 1.33 bits per heavy atom. The van der Waals surface area contributed by atoms with Crippen molar-refractivity contribution in [3.8, 4) is 0 Å². The van der Waals surface area contributed by atoms with E-state index in [9.17, 15) is 4.39 Å². The van der Waals surface area contributed by atoms with Crippen LogP contribution in [-0.2, 0) is 6.61 Å². The Morgan fingerprint density at radius 3 is 2.44 bits per heavy atom. The molecule has 0 aliphatic carbocycles. The number of rotatable bonds is 1. The van der Waals surface area contributed by atoms with Gasteiger partial charge in [0.2, 0.25) is 0 Å². The van der Waals surface area contributed by atoms with Crippen LogP contribution in [0.25, 0.3) is 0 Å². The third-order valence-corrected chi connectivity index (χ3v) is 1.13. The smallest absolute Gasteiger partial charge is 0.128 e. The van der Waals surface area contributed by atoms with Crippen LogP contribution in [0.1, 0.15) is 5.56 Å². The van der Waals surface area contributed by atoms with Crippen molar-refractivity contribution in [1.82, 2.24) is 0 Å². The molecule has 0 spiro atoms. The zero-order valence-corrected chi connectivity index (χ0v) is 4.84. The van der Waals surface area contributed by atoms with Crippen molar-refractivity contribution in [2.24, 2.45) is 0 Å². The van der Waals surface area contributed by atoms with Gasteiger partial charge in [-0.2, -0.15) is 0 Å². The van der Waals surface area contributed by atoms with Crippen LogP contribution in [0.4, 0.5) is 4.39 Å². The van der Waals surface area contributed by atoms with E-state index in [-0.39, 0.29) is 12.4 Å². The first-order chi connectivity index (χ1) is 4.34. The first-order valence-electron chi connectivity index (χ1n) is 2.69. The summed E-state index contributed by atoms with van der Waals surface area (Å²) in [7, 11) is 0. The topological polar surface area (TPSA) is 20.2 Å². The molecular formula is C7H7FO. The molecule has 2 heteroatoms. The number of hydrogen-bond acceptors (Lipinski definition) is 1. The number of aliphatic hydroxyl groups excluding tert-OH is 1. The molecule has 0 unspecified atom stereocenters. The molecule has 0 aliphatic rings. The fourth-order valence-electron chi connectivity index (χ4n) is 0.627. The lowest BCUT2D eigenvalue weighted by Gasteiger charge is -1.94. The summed E-state index contributed by atoms with van der Waals surface area (Å²) in [5.41, 5.74) is 0.345. The number of benzene rings is 1. The van der Waals surface area contributed by atoms with Crippen molar-refractivity contribution in [3.05, 3.63) is 35.6 Å². The van der Waals surface area contributed by atoms with Crippen molar-refractivity contribution in [3.63, 3.8) is 0 Å². The number of hydrogen-bond donors (Lipinski definition) is 1. The van der Waals surface area contributed by atoms with Crippen LogP contribution in [-0.4, -0.2) is 5.11 Å². The normalized spacial score (nSPS) is 9.56. The standard InChI is InChI=1S/C7H7FO/c8-7-4-2-1-3-6(7)5-9/h1-4,9H,5H2/i8-1. The molecule has 0 fully saturated rings. The Labute approximate surface area is 52.8 Å². The van der Waals surface area contributed by atoms with Gasteiger partial charge in [0.25, 0.3) is 0 Å². The van der Waals surface area contributed by atoms with Gasteiger partial charge in [0.05, 0.1) is 6.61 Å². The molecule has 0 amide bonds. The van der Waals surface area contributed by atoms with E-state index in [2.05, 4.69) is 0 Å². The maximum Gasteiger partial charge on any atom is 0.128 e. The van der Waals surface area contributed by atoms with Crippen molar-refractivity contribution in [2.45, 2.75) is 6.61 Å². The van der Waals surface area contributed by atoms with Crippen LogP contribution in [0.2, 0.25) is 0 Å². The predicted molar refractivity (Wildman–Crippen MR) is 32.3 cm³/mol. The van der Waals surface area contributed by atoms with Gasteiger partial charge in [0.1, 0.15) is 5.82 Å². The fourth-order valence-corrected chi connectivity index (χ4v) is 0.627. The van der Waals surface area contributed by atoms with E-state index in [0.717, 1.165) is 0 Å². The van der Waals surface area contributed by atoms with Crippen molar-refractivity contribution < 1.29 is 9.50 Å². The molecule has 9 heavy (non-hydrogen) atoms. The fraction of sp³-hybridized carbons (Fsp3) is 0.143. The first kappa shape index (κ1) is 6.23. The molecule has 0 aliphatic heterocycles. The van der Waals surface area contributed by atoms with Gasteiger partial charge in [-0.1, -0.05) is 18.2 Å². The zero-order valence-electron chi connectivity index (χ0n) is 4.84. The highest BCUT2D eigenvalue weighted by Gasteiger charge is 1.94. The Morgan fingerprint density at radius 2 is 2.00 bits per heavy atom. The van der Waals surface area contributed by atoms with Gasteiger partial charge in [-0.15, -0.1) is 0 Å². The third kappa shape index (κ3) is 1.27. The summed E-state index contributed by atoms with van der Waals surface area (Å²) in [6.45, 7) is -0.229. The van der Waals surface area contributed by atoms with Crippen LogP contribution in [0.3, 0.4) is 0 Å². The highest BCUT2D eigenvalue weighted by atomic mass is 18.2. The molecule has 1 N–H and O–H groups in total. The zero-order chi connectivity index (χ0) is 6.69. The van der Waals surface area contributed by atoms with Crippen molar-refractivity contribution in [2.75, 3.05) is 0 Å². The van der Waals surface area contributed by atoms with E-state index in [1.165, 1.54) is 6.07 Å². The van der Waals surface area contributed by atoms with E-state index >= 15 is 0 Å². The van der Waals surface area contributed by atoms with Crippen LogP contribution in [0, 0.1) is 5.82 Å². The van der Waals surface area contributed by atoms with Gasteiger partial charge >= 0.3 is 0 Å². The lowest BCUT2D eigenvalue weighted by molar-refractivity contribution is 0.276. The molecular weight excluding hydrogens is 118 g/mol. The Hall–Kier alpha value is -0.890. The molecule has 0 heterocycles. The molecule has 1 aromatic rings. The summed E-state index contributed by atoms with van der Waals surface area (Å²) in [5, 5.41) is 8.48. The Balaban J connectivity index is 3.01. The summed E-state index contributed by atoms with van der Waals surface area (Å²) in [4.78, 5) is 0. The molecule has 0 saturated carbocycles. The van der Waals surface area contributed by atoms with Crippen molar-refractivity contribution >= 4 is 0 Å². The van der Waals surface area contributed by atoms with E-state index in [0.29, 0.717) is 5.56 Å². The van der Waals surface area contributed by atoms with Crippen molar-refractivity contribution in [1.29, 1.82) is 0 Å². The van der Waals surface area contributed by atoms with E-state index in [4.69, 9.17) is 5.11 Å². The average molecular weight is 125 g/mol. The van der Waals surface area contributed by atoms with E-state index in [1.54, 1.807) is 18.2 Å². The lowest BCUT2D eigenvalue weighted by atomic mass is 10.2. The summed E-state index contributed by atoms with van der Waals surface area (Å²) < 4.78 is 12.4. The average Bonchev–Trinajstić information content (AvgIpc) is 1.89. The van der Waals surface area contributed by atoms with Gasteiger partial charge in [-0.3, -0.25) is 0 Å². The highest BCUT2D eigenvalue weighted by molar-refractivity contribution is 5.15. The molecule has 1 nitrogen and oxygen atoms in total. The minimum atomic E-state index is -0.347. The van der Waals surface area contributed by atoms with Crippen LogP contribution in [0.15, 0.2) is 24.3 Å². The Kier molecular flexibility index (Phi) is 1.80. The first-order valence-corrected chi connectivity index (χ1v) is 2.69. The van der Waals surface area contributed by atoms with Gasteiger partial charge in [0.15, 0.2) is 0 Å². The molecule has 0 saturated heterocycles. The predicted octanol–water partition coefficient (Wildman–Crippen LogP) is 1.32. The third-order valence-electron chi connectivity index (χ3n) is 1.13. The van der Waals surface area contributed by atoms with Gasteiger partial charge in [0, 0.05) is 5.56 Å². The summed E-state index contributed by atoms with van der Waals surface area (Å²) in [5.74, 6) is -0.347. The van der Waals surface area contributed by atoms with Gasteiger partial charge < -0.3 is 5.11 Å². The molecule has 0 atom stereocenters. The Bertz CT molecular complexity index is 198. The highest BCUT2D eigenvalue weighted by Crippen LogP contribution is 2.04. The maximum absolute atomic E-state index is 12.4. The molecule has 48 valence electrons. The molecule has 0 aromatic heterocycles. The molecule has 1 rings (SSSR count). The van der Waals surface area contributed by atoms with Crippen LogP contribution >= 0.6 is 0 Å². The van der Waals surface area contributed by atoms with Crippen LogP contribution in [0.5, 0.6) is 0 Å². The maximum atomic E-state index is 12.4. The minimum absolute atomic E-state index is 0.229. The quantitative estimate of drug-likeness (QED) is 0.600. The summed E-state index contributed by atoms with van der Waals surface area (Å²) in [6, 6.07) is 6.16. The SMILES string of the molecule is OCc1ccccc1[18F]. The molecule has 0 radical (unpaired) electrons. The summed E-state index contributed by atoms with van der Waals surface area (Å²) >= 11 is 0. The van der Waals surface area contributed by atoms with Gasteiger partial charge in [-0.25, -0.2) is 4.39 Å². The second kappa shape index (κ2) is 2.60. The largest absolute Gasteiger partial charge is 0.392 e. The number of halogens is 1. The monoisotopic (exact) mass is 125 g/mol. The lowest BCUT2D eigenvalue weighted by Crippen LogP contribution is -1.86. The summed E-state index contributed by atoms with van der Waals surface area (Å²) in [6.07, 6.45) is 0.